The molecule has 7 heteroatoms. The number of hydrogen-bond donors (Lipinski definition) is 3. The molecular weight excluding hydrogens is 216 g/mol. The average molecular weight is 232 g/mol. The van der Waals surface area contributed by atoms with Crippen molar-refractivity contribution in [3.63, 3.8) is 0 Å². The minimum atomic E-state index is -0.113. The summed E-state index contributed by atoms with van der Waals surface area (Å²) in [6, 6.07) is 0. The Balaban J connectivity index is 3.75. The van der Waals surface area contributed by atoms with Gasteiger partial charge in [0.1, 0.15) is 0 Å². The monoisotopic (exact) mass is 232 g/mol. The van der Waals surface area contributed by atoms with Crippen molar-refractivity contribution in [3.8, 4) is 0 Å². The molecule has 0 aromatic rings. The molecule has 0 aliphatic rings. The Kier molecular flexibility index (Phi) is 7.47. The van der Waals surface area contributed by atoms with Crippen LogP contribution in [0.3, 0.4) is 0 Å². The summed E-state index contributed by atoms with van der Waals surface area (Å²) in [6.07, 6.45) is 0.208. The summed E-state index contributed by atoms with van der Waals surface area (Å²) in [5.74, 6) is -0.113. The summed E-state index contributed by atoms with van der Waals surface area (Å²) in [5, 5.41) is 6.54. The maximum atomic E-state index is 11.2. The minimum Gasteiger partial charge on any atom is -0.383 e. The molecule has 0 saturated carbocycles. The molecule has 0 spiro atoms. The van der Waals surface area contributed by atoms with Gasteiger partial charge in [-0.15, -0.1) is 0 Å². The molecule has 0 aromatic heterocycles. The van der Waals surface area contributed by atoms with Crippen molar-refractivity contribution in [3.05, 3.63) is 0 Å². The van der Waals surface area contributed by atoms with Gasteiger partial charge < -0.3 is 15.8 Å². The molecule has 86 valence electrons. The van der Waals surface area contributed by atoms with Crippen LogP contribution in [0, 0.1) is 0 Å². The lowest BCUT2D eigenvalue weighted by molar-refractivity contribution is -0.120. The normalized spacial score (nSPS) is 10.9. The summed E-state index contributed by atoms with van der Waals surface area (Å²) in [4.78, 5) is 11.2. The van der Waals surface area contributed by atoms with E-state index in [-0.39, 0.29) is 17.4 Å². The zero-order valence-corrected chi connectivity index (χ0v) is 9.69. The van der Waals surface area contributed by atoms with Crippen LogP contribution in [0.15, 0.2) is 5.10 Å². The zero-order valence-electron chi connectivity index (χ0n) is 8.87. The topological polar surface area (TPSA) is 88.7 Å². The predicted octanol–water partition coefficient (Wildman–Crippen LogP) is -0.652. The molecule has 0 aromatic carbocycles. The van der Waals surface area contributed by atoms with Crippen LogP contribution >= 0.6 is 12.2 Å². The molecule has 0 radical (unpaired) electrons. The number of rotatable bonds is 6. The number of nitrogens with one attached hydrogen (secondary N) is 2. The number of nitrogens with two attached hydrogens (primary N) is 1. The van der Waals surface area contributed by atoms with E-state index in [4.69, 9.17) is 10.5 Å². The van der Waals surface area contributed by atoms with E-state index in [1.807, 2.05) is 0 Å². The van der Waals surface area contributed by atoms with Crippen LogP contribution in [0.2, 0.25) is 0 Å². The van der Waals surface area contributed by atoms with Crippen molar-refractivity contribution < 1.29 is 9.53 Å². The Bertz CT molecular complexity index is 255. The lowest BCUT2D eigenvalue weighted by atomic mass is 10.3. The van der Waals surface area contributed by atoms with E-state index in [0.717, 1.165) is 0 Å². The maximum absolute atomic E-state index is 11.2. The number of amides is 1. The summed E-state index contributed by atoms with van der Waals surface area (Å²) in [6.45, 7) is 2.69. The summed E-state index contributed by atoms with van der Waals surface area (Å²) in [5.41, 5.74) is 8.19. The maximum Gasteiger partial charge on any atom is 0.225 e. The molecule has 0 bridgehead atoms. The van der Waals surface area contributed by atoms with Gasteiger partial charge in [0, 0.05) is 19.4 Å². The third kappa shape index (κ3) is 9.10. The van der Waals surface area contributed by atoms with Crippen molar-refractivity contribution in [1.29, 1.82) is 0 Å². The molecule has 1 amide bonds. The molecule has 0 unspecified atom stereocenters. The third-order valence-electron chi connectivity index (χ3n) is 1.40. The average Bonchev–Trinajstić information content (AvgIpc) is 2.15. The van der Waals surface area contributed by atoms with Gasteiger partial charge in [-0.1, -0.05) is 0 Å². The molecule has 0 heterocycles. The van der Waals surface area contributed by atoms with Gasteiger partial charge in [-0.3, -0.25) is 10.2 Å². The fraction of sp³-hybridized carbons (Fsp3) is 0.625. The van der Waals surface area contributed by atoms with E-state index >= 15 is 0 Å². The molecule has 4 N–H and O–H groups in total. The summed E-state index contributed by atoms with van der Waals surface area (Å²) in [7, 11) is 1.57. The second-order valence-electron chi connectivity index (χ2n) is 2.84. The second-order valence-corrected chi connectivity index (χ2v) is 3.28. The molecule has 0 atom stereocenters. The van der Waals surface area contributed by atoms with Crippen molar-refractivity contribution in [2.75, 3.05) is 20.3 Å². The number of carbonyl (C=O) groups excluding carboxylic acids is 1. The quantitative estimate of drug-likeness (QED) is 0.245. The first-order valence-electron chi connectivity index (χ1n) is 4.40. The number of carbonyl (C=O) groups is 1. The number of ether oxygens (including phenoxy) is 1. The first kappa shape index (κ1) is 13.8. The zero-order chi connectivity index (χ0) is 11.7. The van der Waals surface area contributed by atoms with Crippen molar-refractivity contribution >= 4 is 28.9 Å². The van der Waals surface area contributed by atoms with Crippen LogP contribution in [0.25, 0.3) is 0 Å². The van der Waals surface area contributed by atoms with Crippen LogP contribution in [-0.2, 0) is 9.53 Å². The molecule has 0 saturated heterocycles. The van der Waals surface area contributed by atoms with Crippen LogP contribution < -0.4 is 16.5 Å². The van der Waals surface area contributed by atoms with Crippen LogP contribution in [0.5, 0.6) is 0 Å². The standard InChI is InChI=1S/C8H16N4O2S/c1-6(11-12-8(9)15)5-7(13)10-3-4-14-2/h3-5H2,1-2H3,(H,10,13)(H3,9,12,15). The van der Waals surface area contributed by atoms with Crippen LogP contribution in [0.1, 0.15) is 13.3 Å². The van der Waals surface area contributed by atoms with E-state index in [1.165, 1.54) is 0 Å². The Morgan fingerprint density at radius 1 is 1.60 bits per heavy atom. The first-order valence-corrected chi connectivity index (χ1v) is 4.81. The highest BCUT2D eigenvalue weighted by molar-refractivity contribution is 7.80. The largest absolute Gasteiger partial charge is 0.383 e. The first-order chi connectivity index (χ1) is 7.06. The van der Waals surface area contributed by atoms with Gasteiger partial charge in [-0.2, -0.15) is 5.10 Å². The van der Waals surface area contributed by atoms with Crippen molar-refractivity contribution in [2.24, 2.45) is 10.8 Å². The predicted molar refractivity (Wildman–Crippen MR) is 62.5 cm³/mol. The molecular formula is C8H16N4O2S. The number of hydrazone groups is 1. The number of methoxy groups -OCH3 is 1. The second kappa shape index (κ2) is 8.13. The smallest absolute Gasteiger partial charge is 0.225 e. The molecule has 0 rings (SSSR count). The van der Waals surface area contributed by atoms with E-state index in [0.29, 0.717) is 18.9 Å². The highest BCUT2D eigenvalue weighted by Crippen LogP contribution is 1.85. The molecule has 0 aliphatic heterocycles. The van der Waals surface area contributed by atoms with Crippen LogP contribution in [-0.4, -0.2) is 37.0 Å². The van der Waals surface area contributed by atoms with Gasteiger partial charge in [0.15, 0.2) is 5.11 Å². The molecule has 15 heavy (non-hydrogen) atoms. The number of nitrogens with zero attached hydrogens (tertiary/aromatic N) is 1. The van der Waals surface area contributed by atoms with Gasteiger partial charge in [-0.25, -0.2) is 0 Å². The Labute approximate surface area is 94.2 Å². The van der Waals surface area contributed by atoms with Crippen molar-refractivity contribution in [1.82, 2.24) is 10.7 Å². The highest BCUT2D eigenvalue weighted by Gasteiger charge is 2.02. The van der Waals surface area contributed by atoms with Gasteiger partial charge in [0.25, 0.3) is 0 Å². The van der Waals surface area contributed by atoms with E-state index in [2.05, 4.69) is 28.1 Å². The fourth-order valence-corrected chi connectivity index (χ4v) is 0.823. The fourth-order valence-electron chi connectivity index (χ4n) is 0.777. The SMILES string of the molecule is COCCNC(=O)CC(C)=NNC(N)=S. The van der Waals surface area contributed by atoms with Gasteiger partial charge in [0.2, 0.25) is 5.91 Å². The summed E-state index contributed by atoms with van der Waals surface area (Å²) < 4.78 is 4.79. The number of thiocarbonyl (C=S) groups is 1. The lowest BCUT2D eigenvalue weighted by Crippen LogP contribution is -2.30. The van der Waals surface area contributed by atoms with Gasteiger partial charge in [0.05, 0.1) is 13.0 Å². The number of hydrogen-bond acceptors (Lipinski definition) is 4. The summed E-state index contributed by atoms with van der Waals surface area (Å²) >= 11 is 4.56. The van der Waals surface area contributed by atoms with Gasteiger partial charge >= 0.3 is 0 Å². The molecule has 0 fully saturated rings. The van der Waals surface area contributed by atoms with E-state index in [9.17, 15) is 4.79 Å². The Morgan fingerprint density at radius 2 is 2.27 bits per heavy atom. The Morgan fingerprint density at radius 3 is 2.80 bits per heavy atom. The minimum absolute atomic E-state index is 0.0779. The van der Waals surface area contributed by atoms with E-state index in [1.54, 1.807) is 14.0 Å². The molecule has 0 aliphatic carbocycles. The lowest BCUT2D eigenvalue weighted by Gasteiger charge is -2.04. The third-order valence-corrected chi connectivity index (χ3v) is 1.49. The van der Waals surface area contributed by atoms with Crippen molar-refractivity contribution in [2.45, 2.75) is 13.3 Å². The molecule has 6 nitrogen and oxygen atoms in total. The van der Waals surface area contributed by atoms with Crippen LogP contribution in [0.4, 0.5) is 0 Å². The van der Waals surface area contributed by atoms with E-state index < -0.39 is 0 Å². The van der Waals surface area contributed by atoms with Gasteiger partial charge in [-0.05, 0) is 19.1 Å². The highest BCUT2D eigenvalue weighted by atomic mass is 32.1. The Hall–Kier alpha value is -1.21.